The predicted molar refractivity (Wildman–Crippen MR) is 125 cm³/mol. The first-order valence-corrected chi connectivity index (χ1v) is 12.2. The van der Waals surface area contributed by atoms with Crippen molar-refractivity contribution < 1.29 is 4.79 Å². The van der Waals surface area contributed by atoms with Crippen molar-refractivity contribution in [3.63, 3.8) is 0 Å². The maximum atomic E-state index is 12.8. The van der Waals surface area contributed by atoms with Crippen LogP contribution < -0.4 is 0 Å². The molecule has 7 nitrogen and oxygen atoms in total. The Morgan fingerprint density at radius 2 is 1.94 bits per heavy atom. The Morgan fingerprint density at radius 3 is 2.71 bits per heavy atom. The fraction of sp³-hybridized carbons (Fsp3) is 0.333. The molecule has 0 unspecified atom stereocenters. The number of fused-ring (bicyclic) bond motifs is 3. The Morgan fingerprint density at radius 1 is 1.13 bits per heavy atom. The number of thioether (sulfide) groups is 1. The summed E-state index contributed by atoms with van der Waals surface area (Å²) in [6.07, 6.45) is 0. The fourth-order valence-electron chi connectivity index (χ4n) is 3.76. The number of rotatable bonds is 5. The second kappa shape index (κ2) is 8.74. The van der Waals surface area contributed by atoms with Crippen molar-refractivity contribution in [1.82, 2.24) is 29.4 Å². The Balaban J connectivity index is 1.23. The lowest BCUT2D eigenvalue weighted by atomic mass is 10.2. The van der Waals surface area contributed by atoms with Gasteiger partial charge in [-0.05, 0) is 31.2 Å². The summed E-state index contributed by atoms with van der Waals surface area (Å²) >= 11 is 9.06. The van der Waals surface area contributed by atoms with Gasteiger partial charge in [0.15, 0.2) is 10.8 Å². The Kier molecular flexibility index (Phi) is 5.83. The highest BCUT2D eigenvalue weighted by molar-refractivity contribution is 7.99. The Hall–Kier alpha value is -2.20. The number of carbonyl (C=O) groups is 1. The molecule has 3 aromatic heterocycles. The van der Waals surface area contributed by atoms with E-state index < -0.39 is 0 Å². The lowest BCUT2D eigenvalue weighted by molar-refractivity contribution is -0.130. The molecule has 1 aliphatic heterocycles. The first-order chi connectivity index (χ1) is 15.1. The molecule has 1 aliphatic rings. The average molecular weight is 473 g/mol. The van der Waals surface area contributed by atoms with E-state index in [2.05, 4.69) is 21.0 Å². The molecular formula is C21H21ClN6OS2. The quantitative estimate of drug-likeness (QED) is 0.325. The lowest BCUT2D eigenvalue weighted by Gasteiger charge is -2.34. The minimum Gasteiger partial charge on any atom is -0.339 e. The van der Waals surface area contributed by atoms with Crippen molar-refractivity contribution in [2.75, 3.05) is 31.9 Å². The highest BCUT2D eigenvalue weighted by Crippen LogP contribution is 2.25. The standard InChI is InChI=1S/C21H21ClN6OS2/c1-14-23-20-16-4-2-3-5-17(16)24-21(28(20)25-14)30-13-19(29)27-10-8-26(9-11-27)12-15-6-7-18(22)31-15/h2-7H,8-13H2,1H3. The monoisotopic (exact) mass is 472 g/mol. The van der Waals surface area contributed by atoms with Crippen molar-refractivity contribution in [1.29, 1.82) is 0 Å². The highest BCUT2D eigenvalue weighted by atomic mass is 35.5. The number of halogens is 1. The van der Waals surface area contributed by atoms with Gasteiger partial charge < -0.3 is 4.90 Å². The van der Waals surface area contributed by atoms with Crippen molar-refractivity contribution in [3.05, 3.63) is 51.4 Å². The van der Waals surface area contributed by atoms with Gasteiger partial charge in [0, 0.05) is 43.0 Å². The molecule has 0 bridgehead atoms. The van der Waals surface area contributed by atoms with Crippen LogP contribution in [0.4, 0.5) is 0 Å². The topological polar surface area (TPSA) is 66.6 Å². The minimum absolute atomic E-state index is 0.128. The molecule has 160 valence electrons. The highest BCUT2D eigenvalue weighted by Gasteiger charge is 2.22. The summed E-state index contributed by atoms with van der Waals surface area (Å²) < 4.78 is 2.57. The van der Waals surface area contributed by atoms with Crippen LogP contribution in [-0.2, 0) is 11.3 Å². The summed E-state index contributed by atoms with van der Waals surface area (Å²) in [6, 6.07) is 11.9. The average Bonchev–Trinajstić information content (AvgIpc) is 3.37. The van der Waals surface area contributed by atoms with E-state index >= 15 is 0 Å². The van der Waals surface area contributed by atoms with Crippen LogP contribution in [0.15, 0.2) is 41.6 Å². The van der Waals surface area contributed by atoms with Crippen LogP contribution >= 0.6 is 34.7 Å². The van der Waals surface area contributed by atoms with Gasteiger partial charge in [-0.25, -0.2) is 9.97 Å². The van der Waals surface area contributed by atoms with Gasteiger partial charge in [-0.2, -0.15) is 4.52 Å². The molecule has 5 rings (SSSR count). The largest absolute Gasteiger partial charge is 0.339 e. The van der Waals surface area contributed by atoms with Crippen LogP contribution in [0.25, 0.3) is 16.6 Å². The number of piperazine rings is 1. The van der Waals surface area contributed by atoms with Crippen LogP contribution in [0.1, 0.15) is 10.7 Å². The van der Waals surface area contributed by atoms with Gasteiger partial charge in [0.1, 0.15) is 5.82 Å². The molecule has 0 spiro atoms. The number of amides is 1. The normalized spacial score (nSPS) is 15.2. The molecule has 0 aliphatic carbocycles. The number of para-hydroxylation sites is 1. The van der Waals surface area contributed by atoms with E-state index in [4.69, 9.17) is 16.6 Å². The lowest BCUT2D eigenvalue weighted by Crippen LogP contribution is -2.48. The second-order valence-corrected chi connectivity index (χ2v) is 10.2. The van der Waals surface area contributed by atoms with Crippen molar-refractivity contribution in [2.45, 2.75) is 18.6 Å². The third-order valence-corrected chi connectivity index (χ3v) is 7.44. The summed E-state index contributed by atoms with van der Waals surface area (Å²) in [4.78, 5) is 27.7. The molecule has 1 aromatic carbocycles. The van der Waals surface area contributed by atoms with Gasteiger partial charge in [0.05, 0.1) is 15.6 Å². The Labute approximate surface area is 193 Å². The van der Waals surface area contributed by atoms with Gasteiger partial charge in [-0.1, -0.05) is 35.5 Å². The molecule has 0 radical (unpaired) electrons. The first kappa shape index (κ1) is 20.7. The van der Waals surface area contributed by atoms with Crippen molar-refractivity contribution in [2.24, 2.45) is 0 Å². The number of carbonyl (C=O) groups excluding carboxylic acids is 1. The van der Waals surface area contributed by atoms with E-state index in [0.717, 1.165) is 53.6 Å². The zero-order chi connectivity index (χ0) is 21.4. The summed E-state index contributed by atoms with van der Waals surface area (Å²) in [5.74, 6) is 1.15. The second-order valence-electron chi connectivity index (χ2n) is 7.46. The van der Waals surface area contributed by atoms with Crippen LogP contribution in [0, 0.1) is 6.92 Å². The number of thiophene rings is 1. The zero-order valence-corrected chi connectivity index (χ0v) is 19.4. The molecular weight excluding hydrogens is 452 g/mol. The van der Waals surface area contributed by atoms with Crippen molar-refractivity contribution in [3.8, 4) is 0 Å². The predicted octanol–water partition coefficient (Wildman–Crippen LogP) is 3.74. The number of hydrogen-bond donors (Lipinski definition) is 0. The van der Waals surface area contributed by atoms with Gasteiger partial charge in [0.2, 0.25) is 5.91 Å². The number of benzene rings is 1. The summed E-state index contributed by atoms with van der Waals surface area (Å²) in [7, 11) is 0. The summed E-state index contributed by atoms with van der Waals surface area (Å²) in [6.45, 7) is 5.96. The molecule has 0 saturated carbocycles. The number of aryl methyl sites for hydroxylation is 1. The third kappa shape index (κ3) is 4.41. The van der Waals surface area contributed by atoms with E-state index in [1.54, 1.807) is 15.9 Å². The van der Waals surface area contributed by atoms with E-state index in [1.165, 1.54) is 16.6 Å². The van der Waals surface area contributed by atoms with E-state index in [-0.39, 0.29) is 5.91 Å². The third-order valence-electron chi connectivity index (χ3n) is 5.31. The van der Waals surface area contributed by atoms with Gasteiger partial charge in [-0.3, -0.25) is 9.69 Å². The number of hydrogen-bond acceptors (Lipinski definition) is 7. The Bertz CT molecular complexity index is 1250. The minimum atomic E-state index is 0.128. The van der Waals surface area contributed by atoms with Crippen LogP contribution in [0.3, 0.4) is 0 Å². The molecule has 0 N–H and O–H groups in total. The summed E-state index contributed by atoms with van der Waals surface area (Å²) in [5.41, 5.74) is 1.64. The summed E-state index contributed by atoms with van der Waals surface area (Å²) in [5, 5.41) is 6.14. The van der Waals surface area contributed by atoms with Crippen molar-refractivity contribution >= 4 is 57.2 Å². The molecule has 31 heavy (non-hydrogen) atoms. The maximum absolute atomic E-state index is 12.8. The fourth-order valence-corrected chi connectivity index (χ4v) is 5.73. The molecule has 4 aromatic rings. The van der Waals surface area contributed by atoms with E-state index in [1.807, 2.05) is 42.2 Å². The molecule has 1 saturated heterocycles. The van der Waals surface area contributed by atoms with E-state index in [0.29, 0.717) is 16.7 Å². The number of nitrogens with zero attached hydrogens (tertiary/aromatic N) is 6. The van der Waals surface area contributed by atoms with E-state index in [9.17, 15) is 4.79 Å². The van der Waals surface area contributed by atoms with Crippen LogP contribution in [0.2, 0.25) is 4.34 Å². The SMILES string of the molecule is Cc1nc2c3ccccc3nc(SCC(=O)N3CCN(Cc4ccc(Cl)s4)CC3)n2n1. The zero-order valence-electron chi connectivity index (χ0n) is 17.0. The number of aromatic nitrogens is 4. The van der Waals surface area contributed by atoms with Crippen LogP contribution in [0.5, 0.6) is 0 Å². The molecule has 1 fully saturated rings. The maximum Gasteiger partial charge on any atom is 0.233 e. The molecule has 4 heterocycles. The molecule has 0 atom stereocenters. The van der Waals surface area contributed by atoms with Gasteiger partial charge in [-0.15, -0.1) is 16.4 Å². The van der Waals surface area contributed by atoms with Gasteiger partial charge >= 0.3 is 0 Å². The first-order valence-electron chi connectivity index (χ1n) is 10.1. The van der Waals surface area contributed by atoms with Gasteiger partial charge in [0.25, 0.3) is 0 Å². The molecule has 10 heteroatoms. The van der Waals surface area contributed by atoms with Crippen LogP contribution in [-0.4, -0.2) is 67.2 Å². The smallest absolute Gasteiger partial charge is 0.233 e. The molecule has 1 amide bonds.